The van der Waals surface area contributed by atoms with E-state index in [-0.39, 0.29) is 0 Å². The summed E-state index contributed by atoms with van der Waals surface area (Å²) < 4.78 is 1.08. The average molecular weight is 408 g/mol. The molecule has 2 N–H and O–H groups in total. The average Bonchev–Trinajstić information content (AvgIpc) is 3.50. The molecule has 3 aromatic rings. The van der Waals surface area contributed by atoms with Crippen LogP contribution >= 0.6 is 15.9 Å². The Morgan fingerprint density at radius 3 is 2.69 bits per heavy atom. The van der Waals surface area contributed by atoms with Gasteiger partial charge in [-0.05, 0) is 60.7 Å². The van der Waals surface area contributed by atoms with Crippen molar-refractivity contribution in [1.82, 2.24) is 9.97 Å². The summed E-state index contributed by atoms with van der Waals surface area (Å²) in [5.74, 6) is 2.38. The van der Waals surface area contributed by atoms with E-state index in [1.165, 1.54) is 23.8 Å². The van der Waals surface area contributed by atoms with Crippen LogP contribution in [-0.4, -0.2) is 23.1 Å². The van der Waals surface area contributed by atoms with Crippen LogP contribution in [0, 0.1) is 11.3 Å². The van der Waals surface area contributed by atoms with Crippen LogP contribution in [0.3, 0.4) is 0 Å². The molecule has 1 saturated carbocycles. The Morgan fingerprint density at radius 1 is 1.12 bits per heavy atom. The van der Waals surface area contributed by atoms with Gasteiger partial charge in [-0.2, -0.15) is 5.26 Å². The van der Waals surface area contributed by atoms with Crippen LogP contribution in [-0.2, 0) is 0 Å². The number of hydrogen-bond acceptors (Lipinski definition) is 5. The van der Waals surface area contributed by atoms with Crippen molar-refractivity contribution in [1.29, 1.82) is 5.26 Å². The standard InChI is InChI=1S/C20H18BrN5/c21-16-4-5-18-15(9-16)10-17(14-2-3-14)20(26-18)24-8-7-23-19-6-1-13(11-22)12-25-19/h1,4-6,9-10,12,14H,2-3,7-8H2,(H,23,25)(H,24,26). The number of nitriles is 1. The van der Waals surface area contributed by atoms with E-state index in [2.05, 4.69) is 49.7 Å². The van der Waals surface area contributed by atoms with E-state index in [1.54, 1.807) is 12.3 Å². The smallest absolute Gasteiger partial charge is 0.130 e. The maximum atomic E-state index is 8.80. The molecule has 1 fully saturated rings. The Balaban J connectivity index is 1.43. The van der Waals surface area contributed by atoms with Crippen molar-refractivity contribution in [3.05, 3.63) is 58.2 Å². The van der Waals surface area contributed by atoms with Crippen molar-refractivity contribution < 1.29 is 0 Å². The van der Waals surface area contributed by atoms with Crippen molar-refractivity contribution in [3.8, 4) is 6.07 Å². The van der Waals surface area contributed by atoms with Gasteiger partial charge in [0, 0.05) is 29.1 Å². The lowest BCUT2D eigenvalue weighted by Gasteiger charge is -2.13. The fraction of sp³-hybridized carbons (Fsp3) is 0.250. The molecule has 1 aliphatic rings. The highest BCUT2D eigenvalue weighted by Crippen LogP contribution is 2.44. The summed E-state index contributed by atoms with van der Waals surface area (Å²) in [6, 6.07) is 14.1. The van der Waals surface area contributed by atoms with Gasteiger partial charge in [-0.1, -0.05) is 15.9 Å². The van der Waals surface area contributed by atoms with E-state index < -0.39 is 0 Å². The quantitative estimate of drug-likeness (QED) is 0.580. The first-order valence-electron chi connectivity index (χ1n) is 8.67. The normalized spacial score (nSPS) is 13.4. The molecule has 0 aliphatic heterocycles. The van der Waals surface area contributed by atoms with Gasteiger partial charge in [-0.25, -0.2) is 9.97 Å². The molecule has 2 aromatic heterocycles. The van der Waals surface area contributed by atoms with Crippen LogP contribution < -0.4 is 10.6 Å². The molecule has 0 amide bonds. The lowest BCUT2D eigenvalue weighted by molar-refractivity contribution is 1.02. The molecule has 5 nitrogen and oxygen atoms in total. The molecule has 1 aliphatic carbocycles. The molecule has 0 bridgehead atoms. The second-order valence-corrected chi connectivity index (χ2v) is 7.35. The zero-order chi connectivity index (χ0) is 17.9. The van der Waals surface area contributed by atoms with Crippen LogP contribution in [0.1, 0.15) is 29.9 Å². The third-order valence-corrected chi connectivity index (χ3v) is 4.93. The third-order valence-electron chi connectivity index (χ3n) is 4.44. The summed E-state index contributed by atoms with van der Waals surface area (Å²) in [4.78, 5) is 9.05. The van der Waals surface area contributed by atoms with Crippen molar-refractivity contribution in [2.75, 3.05) is 23.7 Å². The van der Waals surface area contributed by atoms with E-state index in [1.807, 2.05) is 18.2 Å². The Kier molecular flexibility index (Phi) is 4.72. The van der Waals surface area contributed by atoms with Crippen molar-refractivity contribution in [3.63, 3.8) is 0 Å². The van der Waals surface area contributed by atoms with Crippen LogP contribution in [0.5, 0.6) is 0 Å². The minimum atomic E-state index is 0.565. The fourth-order valence-electron chi connectivity index (χ4n) is 2.95. The van der Waals surface area contributed by atoms with Gasteiger partial charge in [0.25, 0.3) is 0 Å². The lowest BCUT2D eigenvalue weighted by atomic mass is 10.1. The molecule has 2 heterocycles. The van der Waals surface area contributed by atoms with Gasteiger partial charge in [0.1, 0.15) is 17.7 Å². The monoisotopic (exact) mass is 407 g/mol. The zero-order valence-electron chi connectivity index (χ0n) is 14.2. The molecular weight excluding hydrogens is 390 g/mol. The van der Waals surface area contributed by atoms with E-state index >= 15 is 0 Å². The minimum Gasteiger partial charge on any atom is -0.368 e. The van der Waals surface area contributed by atoms with E-state index in [4.69, 9.17) is 10.2 Å². The Hall–Kier alpha value is -2.65. The van der Waals surface area contributed by atoms with Gasteiger partial charge in [0.05, 0.1) is 11.1 Å². The number of halogens is 1. The topological polar surface area (TPSA) is 73.6 Å². The van der Waals surface area contributed by atoms with Gasteiger partial charge in [-0.3, -0.25) is 0 Å². The number of anilines is 2. The van der Waals surface area contributed by atoms with Gasteiger partial charge >= 0.3 is 0 Å². The SMILES string of the molecule is N#Cc1ccc(NCCNc2nc3ccc(Br)cc3cc2C2CC2)nc1. The first-order valence-corrected chi connectivity index (χ1v) is 9.46. The van der Waals surface area contributed by atoms with Crippen molar-refractivity contribution in [2.24, 2.45) is 0 Å². The van der Waals surface area contributed by atoms with Crippen LogP contribution in [0.25, 0.3) is 10.9 Å². The molecule has 0 radical (unpaired) electrons. The van der Waals surface area contributed by atoms with Gasteiger partial charge in [-0.15, -0.1) is 0 Å². The minimum absolute atomic E-state index is 0.565. The lowest BCUT2D eigenvalue weighted by Crippen LogP contribution is -2.16. The molecule has 0 spiro atoms. The summed E-state index contributed by atoms with van der Waals surface area (Å²) in [6.45, 7) is 1.47. The number of pyridine rings is 2. The second-order valence-electron chi connectivity index (χ2n) is 6.43. The first kappa shape index (κ1) is 16.8. The maximum absolute atomic E-state index is 8.80. The first-order chi connectivity index (χ1) is 12.7. The highest BCUT2D eigenvalue weighted by molar-refractivity contribution is 9.10. The summed E-state index contributed by atoms with van der Waals surface area (Å²) in [5.41, 5.74) is 2.88. The molecule has 0 atom stereocenters. The third kappa shape index (κ3) is 3.78. The fourth-order valence-corrected chi connectivity index (χ4v) is 3.33. The summed E-state index contributed by atoms with van der Waals surface area (Å²) >= 11 is 3.54. The second kappa shape index (κ2) is 7.30. The highest BCUT2D eigenvalue weighted by Gasteiger charge is 2.27. The van der Waals surface area contributed by atoms with E-state index in [0.717, 1.165) is 34.7 Å². The number of benzene rings is 1. The molecule has 0 saturated heterocycles. The van der Waals surface area contributed by atoms with Crippen molar-refractivity contribution >= 4 is 38.5 Å². The number of aromatic nitrogens is 2. The predicted octanol–water partition coefficient (Wildman–Crippen LogP) is 4.67. The van der Waals surface area contributed by atoms with Gasteiger partial charge in [0.15, 0.2) is 0 Å². The van der Waals surface area contributed by atoms with Gasteiger partial charge in [0.2, 0.25) is 0 Å². The number of fused-ring (bicyclic) bond motifs is 1. The van der Waals surface area contributed by atoms with Crippen molar-refractivity contribution in [2.45, 2.75) is 18.8 Å². The molecule has 0 unspecified atom stereocenters. The number of nitrogens with zero attached hydrogens (tertiary/aromatic N) is 3. The molecule has 6 heteroatoms. The summed E-state index contributed by atoms with van der Waals surface area (Å²) in [6.07, 6.45) is 4.05. The van der Waals surface area contributed by atoms with Crippen LogP contribution in [0.4, 0.5) is 11.6 Å². The molecule has 130 valence electrons. The zero-order valence-corrected chi connectivity index (χ0v) is 15.8. The predicted molar refractivity (Wildman–Crippen MR) is 107 cm³/mol. The van der Waals surface area contributed by atoms with Crippen LogP contribution in [0.15, 0.2) is 47.1 Å². The Morgan fingerprint density at radius 2 is 1.96 bits per heavy atom. The summed E-state index contributed by atoms with van der Waals surface area (Å²) in [5, 5.41) is 16.7. The Bertz CT molecular complexity index is 974. The molecule has 26 heavy (non-hydrogen) atoms. The summed E-state index contributed by atoms with van der Waals surface area (Å²) in [7, 11) is 0. The number of rotatable bonds is 6. The Labute approximate surface area is 160 Å². The molecular formula is C20H18BrN5. The van der Waals surface area contributed by atoms with Crippen LogP contribution in [0.2, 0.25) is 0 Å². The van der Waals surface area contributed by atoms with E-state index in [9.17, 15) is 0 Å². The maximum Gasteiger partial charge on any atom is 0.130 e. The largest absolute Gasteiger partial charge is 0.368 e. The number of nitrogens with one attached hydrogen (secondary N) is 2. The molecule has 4 rings (SSSR count). The highest BCUT2D eigenvalue weighted by atomic mass is 79.9. The van der Waals surface area contributed by atoms with E-state index in [0.29, 0.717) is 11.5 Å². The molecule has 1 aromatic carbocycles. The number of hydrogen-bond donors (Lipinski definition) is 2. The van der Waals surface area contributed by atoms with Gasteiger partial charge < -0.3 is 10.6 Å².